The van der Waals surface area contributed by atoms with Crippen molar-refractivity contribution >= 4 is 64.0 Å². The number of thioether (sulfide) groups is 2. The van der Waals surface area contributed by atoms with E-state index < -0.39 is 0 Å². The predicted molar refractivity (Wildman–Crippen MR) is 95.4 cm³/mol. The minimum atomic E-state index is -0.140. The fraction of sp³-hybridized carbons (Fsp3) is 0.308. The van der Waals surface area contributed by atoms with E-state index in [9.17, 15) is 4.79 Å². The van der Waals surface area contributed by atoms with Crippen molar-refractivity contribution in [2.75, 3.05) is 12.0 Å². The Labute approximate surface area is 151 Å². The lowest BCUT2D eigenvalue weighted by molar-refractivity contribution is -0.119. The zero-order valence-electron chi connectivity index (χ0n) is 11.8. The quantitative estimate of drug-likeness (QED) is 0.730. The Hall–Kier alpha value is -0.470. The molecule has 1 heterocycles. The summed E-state index contributed by atoms with van der Waals surface area (Å²) in [6.45, 7) is 1.90. The molecular formula is C13H13Cl2N3OS3. The fourth-order valence-electron chi connectivity index (χ4n) is 1.61. The Kier molecular flexibility index (Phi) is 6.83. The molecule has 1 amide bonds. The highest BCUT2D eigenvalue weighted by molar-refractivity contribution is 8.03. The van der Waals surface area contributed by atoms with Gasteiger partial charge in [0.25, 0.3) is 0 Å². The van der Waals surface area contributed by atoms with Gasteiger partial charge >= 0.3 is 0 Å². The SMILES string of the molecule is CSc1nnc(SCC(=O)NC(C)c2ccc(Cl)c(Cl)c2)s1. The van der Waals surface area contributed by atoms with E-state index in [1.165, 1.54) is 23.1 Å². The highest BCUT2D eigenvalue weighted by atomic mass is 35.5. The summed E-state index contributed by atoms with van der Waals surface area (Å²) in [5.41, 5.74) is 0.910. The van der Waals surface area contributed by atoms with Crippen LogP contribution in [0.5, 0.6) is 0 Å². The van der Waals surface area contributed by atoms with Crippen molar-refractivity contribution in [3.63, 3.8) is 0 Å². The molecule has 118 valence electrons. The van der Waals surface area contributed by atoms with Gasteiger partial charge in [-0.15, -0.1) is 10.2 Å². The maximum absolute atomic E-state index is 12.0. The number of amides is 1. The van der Waals surface area contributed by atoms with Gasteiger partial charge in [-0.1, -0.05) is 64.1 Å². The fourth-order valence-corrected chi connectivity index (χ4v) is 4.17. The summed E-state index contributed by atoms with van der Waals surface area (Å²) in [4.78, 5) is 12.0. The van der Waals surface area contributed by atoms with Gasteiger partial charge in [-0.25, -0.2) is 0 Å². The molecule has 1 aromatic carbocycles. The first-order valence-corrected chi connectivity index (χ1v) is 10.0. The third kappa shape index (κ3) is 5.03. The minimum absolute atomic E-state index is 0.0653. The Bertz CT molecular complexity index is 666. The zero-order valence-corrected chi connectivity index (χ0v) is 15.8. The smallest absolute Gasteiger partial charge is 0.230 e. The lowest BCUT2D eigenvalue weighted by Gasteiger charge is -2.14. The van der Waals surface area contributed by atoms with E-state index >= 15 is 0 Å². The number of halogens is 2. The summed E-state index contributed by atoms with van der Waals surface area (Å²) >= 11 is 16.3. The molecule has 0 radical (unpaired) electrons. The molecule has 0 spiro atoms. The summed E-state index contributed by atoms with van der Waals surface area (Å²) in [5.74, 6) is 0.235. The second-order valence-electron chi connectivity index (χ2n) is 4.29. The molecule has 22 heavy (non-hydrogen) atoms. The number of hydrogen-bond acceptors (Lipinski definition) is 6. The van der Waals surface area contributed by atoms with Gasteiger partial charge in [0.2, 0.25) is 5.91 Å². The molecule has 9 heteroatoms. The second kappa shape index (κ2) is 8.40. The van der Waals surface area contributed by atoms with Gasteiger partial charge in [0.15, 0.2) is 8.68 Å². The number of carbonyl (C=O) groups excluding carboxylic acids is 1. The molecule has 0 saturated heterocycles. The van der Waals surface area contributed by atoms with Crippen molar-refractivity contribution in [1.82, 2.24) is 15.5 Å². The first kappa shape index (κ1) is 17.9. The predicted octanol–water partition coefficient (Wildman–Crippen LogP) is 4.54. The highest BCUT2D eigenvalue weighted by Crippen LogP contribution is 2.28. The molecule has 1 atom stereocenters. The molecule has 0 aliphatic heterocycles. The first-order chi connectivity index (χ1) is 10.5. The second-order valence-corrected chi connectivity index (χ2v) is 8.36. The van der Waals surface area contributed by atoms with Crippen molar-refractivity contribution in [1.29, 1.82) is 0 Å². The van der Waals surface area contributed by atoms with Crippen molar-refractivity contribution in [3.05, 3.63) is 33.8 Å². The Balaban J connectivity index is 1.86. The summed E-state index contributed by atoms with van der Waals surface area (Å²) < 4.78 is 1.69. The third-order valence-corrected chi connectivity index (χ3v) is 6.48. The van der Waals surface area contributed by atoms with Crippen LogP contribution >= 0.6 is 58.1 Å². The van der Waals surface area contributed by atoms with Crippen LogP contribution in [0.4, 0.5) is 0 Å². The lowest BCUT2D eigenvalue weighted by atomic mass is 10.1. The van der Waals surface area contributed by atoms with E-state index in [4.69, 9.17) is 23.2 Å². The van der Waals surface area contributed by atoms with Crippen LogP contribution in [0.15, 0.2) is 26.9 Å². The molecular weight excluding hydrogens is 381 g/mol. The van der Waals surface area contributed by atoms with E-state index in [2.05, 4.69) is 15.5 Å². The summed E-state index contributed by atoms with van der Waals surface area (Å²) in [7, 11) is 0. The third-order valence-electron chi connectivity index (χ3n) is 2.71. The average molecular weight is 394 g/mol. The standard InChI is InChI=1S/C13H13Cl2N3OS3/c1-7(8-3-4-9(14)10(15)5-8)16-11(19)6-21-13-18-17-12(20-2)22-13/h3-5,7H,6H2,1-2H3,(H,16,19). The van der Waals surface area contributed by atoms with Crippen LogP contribution in [0.2, 0.25) is 10.0 Å². The summed E-state index contributed by atoms with van der Waals surface area (Å²) in [6.07, 6.45) is 1.95. The number of carbonyl (C=O) groups is 1. The van der Waals surface area contributed by atoms with E-state index in [0.29, 0.717) is 15.8 Å². The number of hydrogen-bond donors (Lipinski definition) is 1. The topological polar surface area (TPSA) is 54.9 Å². The number of aromatic nitrogens is 2. The van der Waals surface area contributed by atoms with Crippen molar-refractivity contribution in [3.8, 4) is 0 Å². The van der Waals surface area contributed by atoms with Crippen molar-refractivity contribution in [2.45, 2.75) is 21.6 Å². The molecule has 0 saturated carbocycles. The van der Waals surface area contributed by atoms with E-state index in [-0.39, 0.29) is 11.9 Å². The van der Waals surface area contributed by atoms with Gasteiger partial charge in [-0.05, 0) is 30.9 Å². The van der Waals surface area contributed by atoms with Crippen molar-refractivity contribution in [2.24, 2.45) is 0 Å². The maximum Gasteiger partial charge on any atom is 0.230 e. The largest absolute Gasteiger partial charge is 0.349 e. The molecule has 2 rings (SSSR count). The summed E-state index contributed by atoms with van der Waals surface area (Å²) in [5, 5.41) is 11.9. The van der Waals surface area contributed by atoms with E-state index in [1.54, 1.807) is 23.9 Å². The molecule has 0 aliphatic carbocycles. The molecule has 1 aromatic heterocycles. The van der Waals surface area contributed by atoms with Crippen LogP contribution in [0.3, 0.4) is 0 Å². The van der Waals surface area contributed by atoms with Crippen LogP contribution in [0.25, 0.3) is 0 Å². The van der Waals surface area contributed by atoms with E-state index in [1.807, 2.05) is 19.2 Å². The Morgan fingerprint density at radius 3 is 2.68 bits per heavy atom. The van der Waals surface area contributed by atoms with Gasteiger partial charge in [0.1, 0.15) is 0 Å². The van der Waals surface area contributed by atoms with Gasteiger partial charge in [0, 0.05) is 0 Å². The highest BCUT2D eigenvalue weighted by Gasteiger charge is 2.12. The molecule has 1 unspecified atom stereocenters. The van der Waals surface area contributed by atoms with Gasteiger partial charge in [-0.3, -0.25) is 4.79 Å². The number of nitrogens with one attached hydrogen (secondary N) is 1. The van der Waals surface area contributed by atoms with Crippen LogP contribution in [0, 0.1) is 0 Å². The minimum Gasteiger partial charge on any atom is -0.349 e. The number of rotatable bonds is 6. The van der Waals surface area contributed by atoms with Gasteiger partial charge in [-0.2, -0.15) is 0 Å². The molecule has 0 fully saturated rings. The molecule has 0 aliphatic rings. The Morgan fingerprint density at radius 1 is 1.32 bits per heavy atom. The number of nitrogens with zero attached hydrogens (tertiary/aromatic N) is 2. The first-order valence-electron chi connectivity index (χ1n) is 6.24. The molecule has 0 bridgehead atoms. The maximum atomic E-state index is 12.0. The number of benzene rings is 1. The average Bonchev–Trinajstić information content (AvgIpc) is 2.96. The van der Waals surface area contributed by atoms with Crippen LogP contribution in [-0.2, 0) is 4.79 Å². The summed E-state index contributed by atoms with van der Waals surface area (Å²) in [6, 6.07) is 5.19. The Morgan fingerprint density at radius 2 is 2.05 bits per heavy atom. The van der Waals surface area contributed by atoms with Crippen LogP contribution in [0.1, 0.15) is 18.5 Å². The van der Waals surface area contributed by atoms with Gasteiger partial charge < -0.3 is 5.32 Å². The van der Waals surface area contributed by atoms with E-state index in [0.717, 1.165) is 14.2 Å². The molecule has 4 nitrogen and oxygen atoms in total. The normalized spacial score (nSPS) is 12.2. The molecule has 1 N–H and O–H groups in total. The molecule has 2 aromatic rings. The zero-order chi connectivity index (χ0) is 16.1. The monoisotopic (exact) mass is 393 g/mol. The van der Waals surface area contributed by atoms with Crippen LogP contribution in [-0.4, -0.2) is 28.1 Å². The van der Waals surface area contributed by atoms with Gasteiger partial charge in [0.05, 0.1) is 21.8 Å². The van der Waals surface area contributed by atoms with Crippen LogP contribution < -0.4 is 5.32 Å². The lowest BCUT2D eigenvalue weighted by Crippen LogP contribution is -2.28. The van der Waals surface area contributed by atoms with Crippen molar-refractivity contribution < 1.29 is 4.79 Å².